The summed E-state index contributed by atoms with van der Waals surface area (Å²) in [7, 11) is 0. The topological polar surface area (TPSA) is 38.7 Å². The molecule has 0 bridgehead atoms. The molecule has 11 rings (SSSR count). The molecule has 8 aromatic rings. The maximum Gasteiger partial charge on any atom is 0.164 e. The fraction of sp³-hybridized carbons (Fsp3) is 0.196. The highest BCUT2D eigenvalue weighted by Gasteiger charge is 2.49. The van der Waals surface area contributed by atoms with Crippen molar-refractivity contribution in [3.05, 3.63) is 187 Å². The van der Waals surface area contributed by atoms with Gasteiger partial charge in [-0.05, 0) is 118 Å². The van der Waals surface area contributed by atoms with Gasteiger partial charge >= 0.3 is 0 Å². The van der Waals surface area contributed by atoms with Crippen molar-refractivity contribution in [1.82, 2.24) is 15.0 Å². The van der Waals surface area contributed by atoms with Crippen molar-refractivity contribution in [3.8, 4) is 78.7 Å². The summed E-state index contributed by atoms with van der Waals surface area (Å²) >= 11 is 0. The van der Waals surface area contributed by atoms with Gasteiger partial charge < -0.3 is 0 Å². The molecule has 1 aromatic heterocycles. The fourth-order valence-corrected chi connectivity index (χ4v) is 9.86. The molecule has 2 spiro atoms. The van der Waals surface area contributed by atoms with Crippen LogP contribution in [0.15, 0.2) is 176 Å². The maximum absolute atomic E-state index is 9.95. The van der Waals surface area contributed by atoms with E-state index in [0.29, 0.717) is 30.3 Å². The molecule has 0 aliphatic heterocycles. The monoisotopic (exact) mass is 765 g/mol. The first-order valence-corrected chi connectivity index (χ1v) is 21.1. The molecule has 1 heterocycles. The molecule has 0 unspecified atom stereocenters. The molecule has 286 valence electrons. The van der Waals surface area contributed by atoms with Crippen LogP contribution in [-0.2, 0) is 5.41 Å². The minimum atomic E-state index is -1.79. The second-order valence-corrected chi connectivity index (χ2v) is 16.6. The molecular weight excluding hydrogens is 715 g/mol. The van der Waals surface area contributed by atoms with Crippen LogP contribution in [0.3, 0.4) is 0 Å². The van der Waals surface area contributed by atoms with Gasteiger partial charge in [0.05, 0.1) is 0 Å². The Morgan fingerprint density at radius 2 is 0.814 bits per heavy atom. The van der Waals surface area contributed by atoms with Crippen molar-refractivity contribution in [3.63, 3.8) is 0 Å². The average molecular weight is 766 g/mol. The fourth-order valence-electron chi connectivity index (χ4n) is 9.86. The van der Waals surface area contributed by atoms with Crippen LogP contribution in [-0.4, -0.2) is 15.0 Å². The standard InChI is InChI=1S/C56H47N3/c1-4-16-39(17-5-1)52-57-53(40-18-6-2-7-19-40)59-54(58-52)49-26-9-8-24-46(49)45-23-15-22-43(37-45)41-20-14-21-42(36-41)44-28-29-48-47-25-10-11-27-50(47)56(51(48)38-44)34-32-55(33-35-56)30-12-3-13-31-55/h1-2,4-11,14-29,36-38H,3,12-13,30-35H2/i34D2,35D2. The third-order valence-corrected chi connectivity index (χ3v) is 13.0. The first-order chi connectivity index (χ1) is 30.6. The Hall–Kier alpha value is -6.45. The van der Waals surface area contributed by atoms with Crippen LogP contribution in [0.1, 0.15) is 74.3 Å². The quantitative estimate of drug-likeness (QED) is 0.169. The van der Waals surface area contributed by atoms with Gasteiger partial charge in [0.25, 0.3) is 0 Å². The molecule has 3 heteroatoms. The van der Waals surface area contributed by atoms with Gasteiger partial charge in [0, 0.05) is 27.6 Å². The van der Waals surface area contributed by atoms with Crippen LogP contribution < -0.4 is 0 Å². The van der Waals surface area contributed by atoms with Crippen molar-refractivity contribution in [2.75, 3.05) is 0 Å². The van der Waals surface area contributed by atoms with Crippen LogP contribution in [0.4, 0.5) is 0 Å². The molecule has 0 radical (unpaired) electrons. The van der Waals surface area contributed by atoms with Crippen molar-refractivity contribution >= 4 is 0 Å². The average Bonchev–Trinajstić information content (AvgIpc) is 3.63. The van der Waals surface area contributed by atoms with Crippen LogP contribution in [0, 0.1) is 5.41 Å². The molecule has 3 aliphatic carbocycles. The van der Waals surface area contributed by atoms with E-state index in [-0.39, 0.29) is 5.41 Å². The highest BCUT2D eigenvalue weighted by Crippen LogP contribution is 2.61. The Labute approximate surface area is 353 Å². The lowest BCUT2D eigenvalue weighted by Crippen LogP contribution is -2.38. The lowest BCUT2D eigenvalue weighted by atomic mass is 9.56. The molecule has 0 N–H and O–H groups in total. The number of hydrogen-bond acceptors (Lipinski definition) is 3. The summed E-state index contributed by atoms with van der Waals surface area (Å²) in [6, 6.07) is 59.8. The third kappa shape index (κ3) is 6.41. The molecule has 2 fully saturated rings. The Bertz CT molecular complexity index is 2930. The largest absolute Gasteiger partial charge is 0.208 e. The zero-order valence-corrected chi connectivity index (χ0v) is 33.0. The highest BCUT2D eigenvalue weighted by atomic mass is 15.0. The van der Waals surface area contributed by atoms with E-state index < -0.39 is 18.2 Å². The Balaban J connectivity index is 0.981. The molecule has 0 amide bonds. The SMILES string of the molecule is [2H]C1([2H])CC2(CCCCC2)CC([2H])([2H])C12c1ccccc1-c1ccc(-c3cccc(-c4cccc(-c5ccccc5-c5nc(-c6ccccc6)nc(-c6ccccc6)n5)c4)c3)cc12. The smallest absolute Gasteiger partial charge is 0.164 e. The van der Waals surface area contributed by atoms with E-state index in [9.17, 15) is 5.48 Å². The predicted octanol–water partition coefficient (Wildman–Crippen LogP) is 14.7. The van der Waals surface area contributed by atoms with Gasteiger partial charge in [-0.25, -0.2) is 15.0 Å². The van der Waals surface area contributed by atoms with Gasteiger partial charge in [0.15, 0.2) is 17.5 Å². The number of benzene rings is 7. The molecule has 0 atom stereocenters. The summed E-state index contributed by atoms with van der Waals surface area (Å²) in [6.45, 7) is 0. The Morgan fingerprint density at radius 3 is 1.46 bits per heavy atom. The molecule has 3 nitrogen and oxygen atoms in total. The third-order valence-electron chi connectivity index (χ3n) is 13.0. The normalized spacial score (nSPS) is 18.8. The van der Waals surface area contributed by atoms with Gasteiger partial charge in [0.2, 0.25) is 0 Å². The van der Waals surface area contributed by atoms with Crippen LogP contribution in [0.25, 0.3) is 78.7 Å². The number of rotatable bonds is 6. The van der Waals surface area contributed by atoms with Gasteiger partial charge in [-0.2, -0.15) is 0 Å². The van der Waals surface area contributed by atoms with Gasteiger partial charge in [-0.15, -0.1) is 0 Å². The summed E-state index contributed by atoms with van der Waals surface area (Å²) in [4.78, 5) is 15.0. The molecule has 0 saturated heterocycles. The van der Waals surface area contributed by atoms with Crippen LogP contribution in [0.5, 0.6) is 0 Å². The summed E-state index contributed by atoms with van der Waals surface area (Å²) in [5.74, 6) is 1.83. The summed E-state index contributed by atoms with van der Waals surface area (Å²) in [5.41, 5.74) is 10.6. The van der Waals surface area contributed by atoms with Gasteiger partial charge in [0.1, 0.15) is 0 Å². The zero-order valence-electron chi connectivity index (χ0n) is 37.0. The van der Waals surface area contributed by atoms with E-state index in [1.807, 2.05) is 84.9 Å². The molecule has 2 saturated carbocycles. The first kappa shape index (κ1) is 31.5. The second-order valence-electron chi connectivity index (χ2n) is 16.6. The van der Waals surface area contributed by atoms with E-state index >= 15 is 0 Å². The van der Waals surface area contributed by atoms with Gasteiger partial charge in [-0.1, -0.05) is 177 Å². The second kappa shape index (κ2) is 14.7. The minimum Gasteiger partial charge on any atom is -0.208 e. The summed E-state index contributed by atoms with van der Waals surface area (Å²) in [5, 5.41) is 0. The van der Waals surface area contributed by atoms with Crippen LogP contribution >= 0.6 is 0 Å². The zero-order chi connectivity index (χ0) is 42.8. The van der Waals surface area contributed by atoms with E-state index in [1.165, 1.54) is 0 Å². The predicted molar refractivity (Wildman–Crippen MR) is 243 cm³/mol. The van der Waals surface area contributed by atoms with E-state index in [2.05, 4.69) is 91.0 Å². The molecule has 7 aromatic carbocycles. The minimum absolute atomic E-state index is 0.309. The Kier molecular flexibility index (Phi) is 7.87. The maximum atomic E-state index is 9.95. The highest BCUT2D eigenvalue weighted by molar-refractivity contribution is 5.87. The molecular formula is C56H47N3. The summed E-state index contributed by atoms with van der Waals surface area (Å²) < 4.78 is 39.8. The van der Waals surface area contributed by atoms with Crippen LogP contribution in [0.2, 0.25) is 0 Å². The van der Waals surface area contributed by atoms with E-state index in [4.69, 9.17) is 15.0 Å². The van der Waals surface area contributed by atoms with Crippen molar-refractivity contribution < 1.29 is 5.48 Å². The first-order valence-electron chi connectivity index (χ1n) is 23.1. The lowest BCUT2D eigenvalue weighted by molar-refractivity contribution is 0.0951. The number of nitrogens with zero attached hydrogens (tertiary/aromatic N) is 3. The number of aromatic nitrogens is 3. The lowest BCUT2D eigenvalue weighted by Gasteiger charge is -2.48. The summed E-state index contributed by atoms with van der Waals surface area (Å²) in [6.07, 6.45) is 2.22. The van der Waals surface area contributed by atoms with Crippen molar-refractivity contribution in [2.24, 2.45) is 5.41 Å². The van der Waals surface area contributed by atoms with Crippen molar-refractivity contribution in [2.45, 2.75) is 63.1 Å². The molecule has 59 heavy (non-hydrogen) atoms. The van der Waals surface area contributed by atoms with Crippen molar-refractivity contribution in [1.29, 1.82) is 0 Å². The van der Waals surface area contributed by atoms with E-state index in [0.717, 1.165) is 104 Å². The number of fused-ring (bicyclic) bond motifs is 5. The molecule has 3 aliphatic rings. The Morgan fingerprint density at radius 1 is 0.339 bits per heavy atom. The van der Waals surface area contributed by atoms with Gasteiger partial charge in [-0.3, -0.25) is 0 Å². The number of hydrogen-bond donors (Lipinski definition) is 0. The van der Waals surface area contributed by atoms with E-state index in [1.54, 1.807) is 0 Å².